The van der Waals surface area contributed by atoms with E-state index in [4.69, 9.17) is 0 Å². The largest absolute Gasteiger partial charge is 0.388 e. The molecular formula is C13H18N2O3S. The van der Waals surface area contributed by atoms with E-state index in [0.717, 1.165) is 5.69 Å². The number of amides is 1. The Morgan fingerprint density at radius 1 is 1.16 bits per heavy atom. The van der Waals surface area contributed by atoms with Gasteiger partial charge in [-0.15, -0.1) is 0 Å². The number of nitrogens with one attached hydrogen (secondary N) is 2. The second-order valence-corrected chi connectivity index (χ2v) is 7.03. The van der Waals surface area contributed by atoms with E-state index in [1.54, 1.807) is 12.1 Å². The predicted molar refractivity (Wildman–Crippen MR) is 75.1 cm³/mol. The molecule has 0 radical (unpaired) electrons. The third-order valence-electron chi connectivity index (χ3n) is 3.33. The molecule has 0 bridgehead atoms. The Labute approximate surface area is 113 Å². The molecule has 0 atom stereocenters. The van der Waals surface area contributed by atoms with E-state index < -0.39 is 9.84 Å². The van der Waals surface area contributed by atoms with Gasteiger partial charge < -0.3 is 10.6 Å². The molecule has 1 fully saturated rings. The Kier molecular flexibility index (Phi) is 4.09. The summed E-state index contributed by atoms with van der Waals surface area (Å²) in [6, 6.07) is 7.13. The van der Waals surface area contributed by atoms with Crippen molar-refractivity contribution in [3.63, 3.8) is 0 Å². The van der Waals surface area contributed by atoms with Crippen LogP contribution in [0.3, 0.4) is 0 Å². The normalized spacial score (nSPS) is 18.8. The molecule has 1 aromatic rings. The van der Waals surface area contributed by atoms with E-state index >= 15 is 0 Å². The Hall–Kier alpha value is -1.56. The number of anilines is 1. The molecule has 2 N–H and O–H groups in total. The molecule has 0 aromatic heterocycles. The van der Waals surface area contributed by atoms with Crippen molar-refractivity contribution in [1.29, 1.82) is 0 Å². The zero-order valence-electron chi connectivity index (χ0n) is 10.8. The lowest BCUT2D eigenvalue weighted by atomic mass is 10.1. The van der Waals surface area contributed by atoms with Crippen LogP contribution in [0, 0.1) is 0 Å². The van der Waals surface area contributed by atoms with Gasteiger partial charge in [0.2, 0.25) is 0 Å². The summed E-state index contributed by atoms with van der Waals surface area (Å²) in [6.07, 6.45) is 1.01. The maximum atomic E-state index is 12.0. The average Bonchev–Trinajstić information content (AvgIpc) is 2.41. The monoisotopic (exact) mass is 282 g/mol. The summed E-state index contributed by atoms with van der Waals surface area (Å²) in [7, 11) is -1.07. The molecule has 1 aromatic carbocycles. The fourth-order valence-electron chi connectivity index (χ4n) is 2.09. The second kappa shape index (κ2) is 5.61. The Morgan fingerprint density at radius 2 is 1.74 bits per heavy atom. The van der Waals surface area contributed by atoms with Crippen LogP contribution in [-0.4, -0.2) is 38.9 Å². The summed E-state index contributed by atoms with van der Waals surface area (Å²) < 4.78 is 22.6. The van der Waals surface area contributed by atoms with Crippen molar-refractivity contribution in [1.82, 2.24) is 5.32 Å². The lowest BCUT2D eigenvalue weighted by Gasteiger charge is -2.23. The fourth-order valence-corrected chi connectivity index (χ4v) is 3.58. The molecule has 5 nitrogen and oxygen atoms in total. The van der Waals surface area contributed by atoms with Crippen molar-refractivity contribution in [2.75, 3.05) is 23.9 Å². The third kappa shape index (κ3) is 3.70. The molecule has 1 amide bonds. The molecule has 1 aliphatic heterocycles. The van der Waals surface area contributed by atoms with Crippen molar-refractivity contribution in [2.24, 2.45) is 0 Å². The smallest absolute Gasteiger partial charge is 0.251 e. The predicted octanol–water partition coefficient (Wildman–Crippen LogP) is 1.04. The van der Waals surface area contributed by atoms with E-state index in [2.05, 4.69) is 10.6 Å². The van der Waals surface area contributed by atoms with Gasteiger partial charge in [0.15, 0.2) is 0 Å². The zero-order valence-corrected chi connectivity index (χ0v) is 11.7. The number of rotatable bonds is 3. The first-order valence-corrected chi connectivity index (χ1v) is 8.11. The topological polar surface area (TPSA) is 75.3 Å². The van der Waals surface area contributed by atoms with Crippen LogP contribution >= 0.6 is 0 Å². The number of sulfone groups is 1. The number of benzene rings is 1. The molecule has 0 spiro atoms. The van der Waals surface area contributed by atoms with Crippen molar-refractivity contribution >= 4 is 21.4 Å². The average molecular weight is 282 g/mol. The highest BCUT2D eigenvalue weighted by Crippen LogP contribution is 2.14. The van der Waals surface area contributed by atoms with Gasteiger partial charge in [0.1, 0.15) is 9.84 Å². The first-order valence-electron chi connectivity index (χ1n) is 6.29. The minimum absolute atomic E-state index is 0.0417. The van der Waals surface area contributed by atoms with Crippen LogP contribution in [-0.2, 0) is 9.84 Å². The molecule has 0 unspecified atom stereocenters. The standard InChI is InChI=1S/C13H18N2O3S/c1-14-11-4-2-10(3-5-11)13(16)15-12-6-8-19(17,18)9-7-12/h2-5,12,14H,6-9H2,1H3,(H,15,16). The van der Waals surface area contributed by atoms with Crippen molar-refractivity contribution in [3.05, 3.63) is 29.8 Å². The van der Waals surface area contributed by atoms with Crippen LogP contribution in [0.2, 0.25) is 0 Å². The van der Waals surface area contributed by atoms with Gasteiger partial charge in [0.25, 0.3) is 5.91 Å². The summed E-state index contributed by atoms with van der Waals surface area (Å²) in [5.74, 6) is 0.180. The van der Waals surface area contributed by atoms with E-state index in [1.165, 1.54) is 0 Å². The van der Waals surface area contributed by atoms with Gasteiger partial charge >= 0.3 is 0 Å². The minimum Gasteiger partial charge on any atom is -0.388 e. The molecule has 6 heteroatoms. The van der Waals surface area contributed by atoms with E-state index in [1.807, 2.05) is 19.2 Å². The first-order chi connectivity index (χ1) is 9.00. The number of hydrogen-bond donors (Lipinski definition) is 2. The fraction of sp³-hybridized carbons (Fsp3) is 0.462. The van der Waals surface area contributed by atoms with Gasteiger partial charge in [-0.05, 0) is 37.1 Å². The molecule has 2 rings (SSSR count). The summed E-state index contributed by atoms with van der Waals surface area (Å²) in [4.78, 5) is 12.0. The number of carbonyl (C=O) groups is 1. The van der Waals surface area contributed by atoms with Gasteiger partial charge in [-0.1, -0.05) is 0 Å². The van der Waals surface area contributed by atoms with Crippen LogP contribution < -0.4 is 10.6 Å². The van der Waals surface area contributed by atoms with Gasteiger partial charge in [-0.3, -0.25) is 4.79 Å². The third-order valence-corrected chi connectivity index (χ3v) is 5.04. The van der Waals surface area contributed by atoms with Crippen LogP contribution in [0.25, 0.3) is 0 Å². The molecular weight excluding hydrogens is 264 g/mol. The van der Waals surface area contributed by atoms with Gasteiger partial charge in [-0.2, -0.15) is 0 Å². The van der Waals surface area contributed by atoms with E-state index in [0.29, 0.717) is 18.4 Å². The first kappa shape index (κ1) is 13.9. The number of carbonyl (C=O) groups excluding carboxylic acids is 1. The van der Waals surface area contributed by atoms with Gasteiger partial charge in [-0.25, -0.2) is 8.42 Å². The molecule has 1 heterocycles. The summed E-state index contributed by atoms with van der Waals surface area (Å²) in [6.45, 7) is 0. The highest BCUT2D eigenvalue weighted by atomic mass is 32.2. The maximum Gasteiger partial charge on any atom is 0.251 e. The quantitative estimate of drug-likeness (QED) is 0.868. The Morgan fingerprint density at radius 3 is 2.26 bits per heavy atom. The number of hydrogen-bond acceptors (Lipinski definition) is 4. The second-order valence-electron chi connectivity index (χ2n) is 4.73. The van der Waals surface area contributed by atoms with E-state index in [9.17, 15) is 13.2 Å². The Balaban J connectivity index is 1.94. The van der Waals surface area contributed by atoms with Crippen molar-refractivity contribution in [3.8, 4) is 0 Å². The lowest BCUT2D eigenvalue weighted by Crippen LogP contribution is -2.40. The molecule has 104 valence electrons. The summed E-state index contributed by atoms with van der Waals surface area (Å²) in [5, 5.41) is 5.87. The molecule has 19 heavy (non-hydrogen) atoms. The molecule has 1 saturated heterocycles. The van der Waals surface area contributed by atoms with Crippen molar-refractivity contribution < 1.29 is 13.2 Å². The summed E-state index contributed by atoms with van der Waals surface area (Å²) >= 11 is 0. The van der Waals surface area contributed by atoms with Crippen LogP contribution in [0.5, 0.6) is 0 Å². The SMILES string of the molecule is CNc1ccc(C(=O)NC2CCS(=O)(=O)CC2)cc1. The van der Waals surface area contributed by atoms with Crippen LogP contribution in [0.15, 0.2) is 24.3 Å². The highest BCUT2D eigenvalue weighted by Gasteiger charge is 2.24. The molecule has 1 aliphatic rings. The van der Waals surface area contributed by atoms with Crippen molar-refractivity contribution in [2.45, 2.75) is 18.9 Å². The lowest BCUT2D eigenvalue weighted by molar-refractivity contribution is 0.0934. The van der Waals surface area contributed by atoms with Crippen LogP contribution in [0.4, 0.5) is 5.69 Å². The Bertz CT molecular complexity index is 538. The molecule has 0 saturated carbocycles. The van der Waals surface area contributed by atoms with Gasteiger partial charge in [0.05, 0.1) is 11.5 Å². The van der Waals surface area contributed by atoms with Gasteiger partial charge in [0, 0.05) is 24.3 Å². The maximum absolute atomic E-state index is 12.0. The molecule has 0 aliphatic carbocycles. The zero-order chi connectivity index (χ0) is 13.9. The van der Waals surface area contributed by atoms with E-state index in [-0.39, 0.29) is 23.5 Å². The highest BCUT2D eigenvalue weighted by molar-refractivity contribution is 7.91. The minimum atomic E-state index is -2.88. The summed E-state index contributed by atoms with van der Waals surface area (Å²) in [5.41, 5.74) is 1.53. The van der Waals surface area contributed by atoms with Crippen LogP contribution in [0.1, 0.15) is 23.2 Å².